The van der Waals surface area contributed by atoms with Crippen LogP contribution in [0.15, 0.2) is 23.6 Å². The summed E-state index contributed by atoms with van der Waals surface area (Å²) >= 11 is 1.28. The molecule has 7 nitrogen and oxygen atoms in total. The Bertz CT molecular complexity index is 664. The quantitative estimate of drug-likeness (QED) is 0.645. The summed E-state index contributed by atoms with van der Waals surface area (Å²) in [5, 5.41) is 25.2. The van der Waals surface area contributed by atoms with Crippen LogP contribution in [0.1, 0.15) is 35.8 Å². The Morgan fingerprint density at radius 1 is 1.48 bits per heavy atom. The first-order valence-electron chi connectivity index (χ1n) is 6.13. The maximum absolute atomic E-state index is 11.2. The molecule has 0 saturated carbocycles. The van der Waals surface area contributed by atoms with Crippen LogP contribution in [0.25, 0.3) is 0 Å². The van der Waals surface area contributed by atoms with Crippen molar-refractivity contribution in [3.05, 3.63) is 45.0 Å². The van der Waals surface area contributed by atoms with Crippen LogP contribution in [0, 0.1) is 10.1 Å². The maximum atomic E-state index is 11.2. The zero-order chi connectivity index (χ0) is 15.6. The van der Waals surface area contributed by atoms with E-state index in [4.69, 9.17) is 5.11 Å². The maximum Gasteiger partial charge on any atom is 0.338 e. The SMILES string of the molecule is CC(C)c1csc(Nc2c(C(=O)O)cccc2[N+](=O)[O-])n1. The molecule has 0 atom stereocenters. The highest BCUT2D eigenvalue weighted by molar-refractivity contribution is 7.13. The van der Waals surface area contributed by atoms with Gasteiger partial charge in [0.05, 0.1) is 16.2 Å². The summed E-state index contributed by atoms with van der Waals surface area (Å²) in [6.07, 6.45) is 0. The largest absolute Gasteiger partial charge is 0.478 e. The summed E-state index contributed by atoms with van der Waals surface area (Å²) in [6, 6.07) is 3.91. The number of aromatic carboxylic acids is 1. The van der Waals surface area contributed by atoms with E-state index in [1.165, 1.54) is 29.5 Å². The van der Waals surface area contributed by atoms with Crippen molar-refractivity contribution >= 4 is 33.8 Å². The van der Waals surface area contributed by atoms with Gasteiger partial charge in [0.25, 0.3) is 5.69 Å². The highest BCUT2D eigenvalue weighted by Crippen LogP contribution is 2.33. The van der Waals surface area contributed by atoms with E-state index in [2.05, 4.69) is 10.3 Å². The van der Waals surface area contributed by atoms with Crippen molar-refractivity contribution in [2.75, 3.05) is 5.32 Å². The number of thiazole rings is 1. The second kappa shape index (κ2) is 5.88. The molecule has 0 bridgehead atoms. The number of anilines is 2. The molecule has 0 fully saturated rings. The molecule has 8 heteroatoms. The fourth-order valence-corrected chi connectivity index (χ4v) is 2.59. The number of hydrogen-bond donors (Lipinski definition) is 2. The van der Waals surface area contributed by atoms with Crippen LogP contribution in [0.3, 0.4) is 0 Å². The summed E-state index contributed by atoms with van der Waals surface area (Å²) < 4.78 is 0. The lowest BCUT2D eigenvalue weighted by Gasteiger charge is -2.07. The smallest absolute Gasteiger partial charge is 0.338 e. The van der Waals surface area contributed by atoms with E-state index in [9.17, 15) is 14.9 Å². The lowest BCUT2D eigenvalue weighted by Crippen LogP contribution is -2.05. The molecular weight excluding hydrogens is 294 g/mol. The zero-order valence-electron chi connectivity index (χ0n) is 11.4. The second-order valence-corrected chi connectivity index (χ2v) is 5.48. The molecule has 1 heterocycles. The summed E-state index contributed by atoms with van der Waals surface area (Å²) in [4.78, 5) is 26.0. The van der Waals surface area contributed by atoms with Crippen molar-refractivity contribution in [3.63, 3.8) is 0 Å². The Kier molecular flexibility index (Phi) is 4.18. The number of nitro benzene ring substituents is 1. The summed E-state index contributed by atoms with van der Waals surface area (Å²) in [7, 11) is 0. The van der Waals surface area contributed by atoms with Crippen molar-refractivity contribution in [1.82, 2.24) is 4.98 Å². The Hall–Kier alpha value is -2.48. The van der Waals surface area contributed by atoms with Gasteiger partial charge in [0, 0.05) is 11.4 Å². The number of rotatable bonds is 5. The van der Waals surface area contributed by atoms with Gasteiger partial charge in [-0.25, -0.2) is 9.78 Å². The molecule has 2 aromatic rings. The molecule has 0 unspecified atom stereocenters. The van der Waals surface area contributed by atoms with Crippen molar-refractivity contribution in [2.45, 2.75) is 19.8 Å². The van der Waals surface area contributed by atoms with Crippen LogP contribution in [-0.2, 0) is 0 Å². The van der Waals surface area contributed by atoms with Gasteiger partial charge in [-0.2, -0.15) is 0 Å². The zero-order valence-corrected chi connectivity index (χ0v) is 12.2. The number of nitrogens with one attached hydrogen (secondary N) is 1. The molecule has 2 rings (SSSR count). The Balaban J connectivity index is 2.45. The Labute approximate surface area is 124 Å². The fourth-order valence-electron chi connectivity index (χ4n) is 1.72. The number of carboxylic acids is 1. The third-order valence-electron chi connectivity index (χ3n) is 2.81. The molecule has 1 aromatic carbocycles. The van der Waals surface area contributed by atoms with Crippen LogP contribution >= 0.6 is 11.3 Å². The number of nitrogens with zero attached hydrogens (tertiary/aromatic N) is 2. The minimum absolute atomic E-state index is 0.0559. The van der Waals surface area contributed by atoms with Gasteiger partial charge < -0.3 is 10.4 Å². The average molecular weight is 307 g/mol. The third kappa shape index (κ3) is 3.16. The van der Waals surface area contributed by atoms with Crippen molar-refractivity contribution in [2.24, 2.45) is 0 Å². The number of benzene rings is 1. The Morgan fingerprint density at radius 3 is 2.71 bits per heavy atom. The lowest BCUT2D eigenvalue weighted by atomic mass is 10.1. The molecule has 0 radical (unpaired) electrons. The van der Waals surface area contributed by atoms with E-state index < -0.39 is 10.9 Å². The van der Waals surface area contributed by atoms with Crippen LogP contribution in [0.2, 0.25) is 0 Å². The molecule has 0 aliphatic rings. The monoisotopic (exact) mass is 307 g/mol. The third-order valence-corrected chi connectivity index (χ3v) is 3.59. The van der Waals surface area contributed by atoms with E-state index in [1.54, 1.807) is 0 Å². The number of nitro groups is 1. The number of para-hydroxylation sites is 1. The van der Waals surface area contributed by atoms with E-state index in [0.29, 0.717) is 5.13 Å². The minimum Gasteiger partial charge on any atom is -0.478 e. The number of carbonyl (C=O) groups is 1. The van der Waals surface area contributed by atoms with Gasteiger partial charge in [-0.3, -0.25) is 10.1 Å². The first kappa shape index (κ1) is 14.9. The Morgan fingerprint density at radius 2 is 2.19 bits per heavy atom. The molecule has 0 spiro atoms. The van der Waals surface area contributed by atoms with Crippen LogP contribution in [0.5, 0.6) is 0 Å². The van der Waals surface area contributed by atoms with Gasteiger partial charge >= 0.3 is 5.97 Å². The predicted octanol–water partition coefficient (Wildman–Crippen LogP) is 3.62. The van der Waals surface area contributed by atoms with Gasteiger partial charge in [0.15, 0.2) is 5.13 Å². The van der Waals surface area contributed by atoms with Gasteiger partial charge in [-0.1, -0.05) is 19.9 Å². The number of aromatic nitrogens is 1. The molecule has 21 heavy (non-hydrogen) atoms. The van der Waals surface area contributed by atoms with Gasteiger partial charge in [-0.05, 0) is 12.0 Å². The van der Waals surface area contributed by atoms with Crippen molar-refractivity contribution < 1.29 is 14.8 Å². The molecule has 1 aromatic heterocycles. The van der Waals surface area contributed by atoms with Crippen molar-refractivity contribution in [1.29, 1.82) is 0 Å². The molecule has 0 aliphatic carbocycles. The van der Waals surface area contributed by atoms with Gasteiger partial charge in [-0.15, -0.1) is 11.3 Å². The topological polar surface area (TPSA) is 105 Å². The molecule has 0 aliphatic heterocycles. The van der Waals surface area contributed by atoms with Gasteiger partial charge in [0.1, 0.15) is 5.69 Å². The molecule has 0 saturated heterocycles. The second-order valence-electron chi connectivity index (χ2n) is 4.62. The van der Waals surface area contributed by atoms with Crippen LogP contribution in [0.4, 0.5) is 16.5 Å². The first-order chi connectivity index (χ1) is 9.90. The summed E-state index contributed by atoms with van der Waals surface area (Å²) in [5.74, 6) is -1.01. The number of hydrogen-bond acceptors (Lipinski definition) is 6. The first-order valence-corrected chi connectivity index (χ1v) is 7.01. The minimum atomic E-state index is -1.23. The highest BCUT2D eigenvalue weighted by atomic mass is 32.1. The molecule has 2 N–H and O–H groups in total. The van der Waals surface area contributed by atoms with Crippen molar-refractivity contribution in [3.8, 4) is 0 Å². The summed E-state index contributed by atoms with van der Waals surface area (Å²) in [6.45, 7) is 3.96. The average Bonchev–Trinajstić information content (AvgIpc) is 2.87. The highest BCUT2D eigenvalue weighted by Gasteiger charge is 2.22. The molecular formula is C13H13N3O4S. The predicted molar refractivity (Wildman–Crippen MR) is 79.5 cm³/mol. The van der Waals surface area contributed by atoms with E-state index in [0.717, 1.165) is 5.69 Å². The molecule has 0 amide bonds. The molecule has 110 valence electrons. The van der Waals surface area contributed by atoms with E-state index in [-0.39, 0.29) is 22.9 Å². The van der Waals surface area contributed by atoms with Crippen LogP contribution in [-0.4, -0.2) is 21.0 Å². The fraction of sp³-hybridized carbons (Fsp3) is 0.231. The van der Waals surface area contributed by atoms with Gasteiger partial charge in [0.2, 0.25) is 0 Å². The standard InChI is InChI=1S/C13H13N3O4S/c1-7(2)9-6-21-13(14-9)15-11-8(12(17)18)4-3-5-10(11)16(19)20/h3-7H,1-2H3,(H,14,15)(H,17,18). The summed E-state index contributed by atoms with van der Waals surface area (Å²) in [5.41, 5.74) is 0.333. The van der Waals surface area contributed by atoms with E-state index >= 15 is 0 Å². The number of carboxylic acid groups (broad SMARTS) is 1. The van der Waals surface area contributed by atoms with E-state index in [1.807, 2.05) is 19.2 Å². The van der Waals surface area contributed by atoms with Crippen LogP contribution < -0.4 is 5.32 Å². The normalized spacial score (nSPS) is 10.6. The lowest BCUT2D eigenvalue weighted by molar-refractivity contribution is -0.383.